The summed E-state index contributed by atoms with van der Waals surface area (Å²) in [5, 5.41) is 5.88. The minimum Gasteiger partial charge on any atom is -0.444 e. The van der Waals surface area contributed by atoms with Crippen LogP contribution in [0.25, 0.3) is 6.08 Å². The van der Waals surface area contributed by atoms with Crippen LogP contribution in [0.2, 0.25) is 0 Å². The predicted molar refractivity (Wildman–Crippen MR) is 172 cm³/mol. The fourth-order valence-corrected chi connectivity index (χ4v) is 4.77. The lowest BCUT2D eigenvalue weighted by Crippen LogP contribution is -2.59. The zero-order valence-electron chi connectivity index (χ0n) is 26.2. The van der Waals surface area contributed by atoms with E-state index in [0.717, 1.165) is 16.7 Å². The van der Waals surface area contributed by atoms with Crippen molar-refractivity contribution in [2.45, 2.75) is 84.2 Å². The largest absolute Gasteiger partial charge is 0.444 e. The summed E-state index contributed by atoms with van der Waals surface area (Å²) in [5.74, 6) is -0.707. The van der Waals surface area contributed by atoms with Crippen molar-refractivity contribution in [2.24, 2.45) is 0 Å². The molecule has 0 radical (unpaired) electrons. The molecule has 0 saturated heterocycles. The van der Waals surface area contributed by atoms with Crippen molar-refractivity contribution in [1.29, 1.82) is 0 Å². The summed E-state index contributed by atoms with van der Waals surface area (Å²) < 4.78 is 5.55. The minimum atomic E-state index is -0.991. The van der Waals surface area contributed by atoms with Gasteiger partial charge < -0.3 is 20.3 Å². The monoisotopic (exact) mass is 583 g/mol. The van der Waals surface area contributed by atoms with Gasteiger partial charge in [0.05, 0.1) is 0 Å². The Balaban J connectivity index is 2.11. The van der Waals surface area contributed by atoms with Gasteiger partial charge in [-0.1, -0.05) is 98.4 Å². The van der Waals surface area contributed by atoms with Crippen LogP contribution in [0.1, 0.15) is 76.3 Å². The van der Waals surface area contributed by atoms with E-state index in [9.17, 15) is 14.4 Å². The number of nitrogens with zero attached hydrogens (tertiary/aromatic N) is 1. The number of hydrogen-bond acceptors (Lipinski definition) is 4. The van der Waals surface area contributed by atoms with Gasteiger partial charge >= 0.3 is 6.09 Å². The van der Waals surface area contributed by atoms with Crippen molar-refractivity contribution in [3.8, 4) is 0 Å². The quantitative estimate of drug-likeness (QED) is 0.244. The van der Waals surface area contributed by atoms with Crippen LogP contribution in [0.5, 0.6) is 0 Å². The van der Waals surface area contributed by atoms with Crippen LogP contribution in [-0.4, -0.2) is 40.0 Å². The molecule has 0 spiro atoms. The Morgan fingerprint density at radius 2 is 1.49 bits per heavy atom. The molecule has 2 atom stereocenters. The van der Waals surface area contributed by atoms with Crippen LogP contribution in [0.4, 0.5) is 4.79 Å². The van der Waals surface area contributed by atoms with Crippen molar-refractivity contribution in [2.75, 3.05) is 0 Å². The maximum absolute atomic E-state index is 14.8. The van der Waals surface area contributed by atoms with Gasteiger partial charge in [-0.2, -0.15) is 0 Å². The fourth-order valence-electron chi connectivity index (χ4n) is 4.77. The molecule has 0 aromatic heterocycles. The van der Waals surface area contributed by atoms with E-state index in [1.54, 1.807) is 31.7 Å². The number of rotatable bonds is 12. The highest BCUT2D eigenvalue weighted by molar-refractivity contribution is 5.93. The number of ether oxygens (including phenoxy) is 1. The highest BCUT2D eigenvalue weighted by Crippen LogP contribution is 2.33. The Morgan fingerprint density at radius 3 is 2.05 bits per heavy atom. The zero-order valence-corrected chi connectivity index (χ0v) is 26.2. The van der Waals surface area contributed by atoms with Gasteiger partial charge in [0.25, 0.3) is 0 Å². The molecule has 7 heteroatoms. The number of carbonyl (C=O) groups is 3. The first kappa shape index (κ1) is 33.1. The third-order valence-corrected chi connectivity index (χ3v) is 7.30. The molecule has 3 rings (SSSR count). The highest BCUT2D eigenvalue weighted by atomic mass is 16.6. The van der Waals surface area contributed by atoms with Crippen molar-refractivity contribution < 1.29 is 19.1 Å². The summed E-state index contributed by atoms with van der Waals surface area (Å²) in [7, 11) is 0. The Bertz CT molecular complexity index is 1380. The molecule has 3 aromatic carbocycles. The SMILES string of the molecule is C=Cc1cccc(C(C(=O)NCc2ccccc2)N(C(=O)C(Cc2ccccc2)NC(=O)OC(C)(C)C)C(C)(C)CC)c1. The minimum absolute atomic E-state index is 0.222. The number of nitrogens with one attached hydrogen (secondary N) is 2. The average Bonchev–Trinajstić information content (AvgIpc) is 2.98. The average molecular weight is 584 g/mol. The third-order valence-electron chi connectivity index (χ3n) is 7.30. The van der Waals surface area contributed by atoms with Crippen molar-refractivity contribution >= 4 is 24.0 Å². The molecule has 0 saturated carbocycles. The summed E-state index contributed by atoms with van der Waals surface area (Å²) in [5.41, 5.74) is 1.76. The van der Waals surface area contributed by atoms with Gasteiger partial charge in [-0.3, -0.25) is 9.59 Å². The van der Waals surface area contributed by atoms with Crippen molar-refractivity contribution in [3.63, 3.8) is 0 Å². The number of hydrogen-bond donors (Lipinski definition) is 2. The zero-order chi connectivity index (χ0) is 31.6. The molecule has 2 N–H and O–H groups in total. The van der Waals surface area contributed by atoms with E-state index in [2.05, 4.69) is 17.2 Å². The van der Waals surface area contributed by atoms with Crippen LogP contribution in [0.3, 0.4) is 0 Å². The maximum Gasteiger partial charge on any atom is 0.408 e. The van der Waals surface area contributed by atoms with Gasteiger partial charge in [0, 0.05) is 18.5 Å². The first-order valence-corrected chi connectivity index (χ1v) is 14.7. The van der Waals surface area contributed by atoms with Gasteiger partial charge in [0.1, 0.15) is 17.7 Å². The number of alkyl carbamates (subject to hydrolysis) is 1. The van der Waals surface area contributed by atoms with E-state index < -0.39 is 29.3 Å². The van der Waals surface area contributed by atoms with E-state index >= 15 is 0 Å². The van der Waals surface area contributed by atoms with Crippen LogP contribution in [-0.2, 0) is 27.3 Å². The van der Waals surface area contributed by atoms with E-state index in [0.29, 0.717) is 18.5 Å². The van der Waals surface area contributed by atoms with Crippen LogP contribution < -0.4 is 10.6 Å². The molecule has 3 aromatic rings. The van der Waals surface area contributed by atoms with Crippen LogP contribution >= 0.6 is 0 Å². The number of benzene rings is 3. The molecule has 43 heavy (non-hydrogen) atoms. The normalized spacial score (nSPS) is 12.9. The molecule has 0 aliphatic heterocycles. The Morgan fingerprint density at radius 1 is 0.884 bits per heavy atom. The fraction of sp³-hybridized carbons (Fsp3) is 0.361. The molecular weight excluding hydrogens is 538 g/mol. The molecule has 0 heterocycles. The first-order chi connectivity index (χ1) is 20.3. The third kappa shape index (κ3) is 9.57. The molecule has 7 nitrogen and oxygen atoms in total. The lowest BCUT2D eigenvalue weighted by atomic mass is 9.90. The Labute approximate surface area is 256 Å². The lowest BCUT2D eigenvalue weighted by Gasteiger charge is -2.44. The van der Waals surface area contributed by atoms with Crippen molar-refractivity contribution in [1.82, 2.24) is 15.5 Å². The van der Waals surface area contributed by atoms with Gasteiger partial charge in [-0.15, -0.1) is 0 Å². The summed E-state index contributed by atoms with van der Waals surface area (Å²) in [6, 6.07) is 24.6. The molecular formula is C36H45N3O4. The molecule has 0 fully saturated rings. The van der Waals surface area contributed by atoms with Crippen LogP contribution in [0, 0.1) is 0 Å². The molecule has 2 unspecified atom stereocenters. The second kappa shape index (κ2) is 14.7. The van der Waals surface area contributed by atoms with Gasteiger partial charge in [-0.05, 0) is 69.4 Å². The smallest absolute Gasteiger partial charge is 0.408 e. The lowest BCUT2D eigenvalue weighted by molar-refractivity contribution is -0.149. The molecule has 0 bridgehead atoms. The summed E-state index contributed by atoms with van der Waals surface area (Å²) in [4.78, 5) is 43.6. The number of carbonyl (C=O) groups excluding carboxylic acids is 3. The van der Waals surface area contributed by atoms with E-state index in [-0.39, 0.29) is 18.2 Å². The summed E-state index contributed by atoms with van der Waals surface area (Å²) in [6.07, 6.45) is 1.80. The maximum atomic E-state index is 14.8. The number of amides is 3. The van der Waals surface area contributed by atoms with Gasteiger partial charge in [0.15, 0.2) is 0 Å². The predicted octanol–water partition coefficient (Wildman–Crippen LogP) is 6.84. The second-order valence-electron chi connectivity index (χ2n) is 12.2. The topological polar surface area (TPSA) is 87.7 Å². The standard InChI is InChI=1S/C36H45N3O4/c1-8-26-21-16-22-29(23-26)31(32(40)37-25-28-19-14-11-15-20-28)39(36(6,7)9-2)33(41)30(24-27-17-12-10-13-18-27)38-34(42)43-35(3,4)5/h8,10-23,30-31H,1,9,24-25H2,2-7H3,(H,37,40)(H,38,42). The van der Waals surface area contributed by atoms with E-state index in [1.165, 1.54) is 0 Å². The van der Waals surface area contributed by atoms with Gasteiger partial charge in [0.2, 0.25) is 11.8 Å². The van der Waals surface area contributed by atoms with E-state index in [1.807, 2.05) is 106 Å². The van der Waals surface area contributed by atoms with Crippen molar-refractivity contribution in [3.05, 3.63) is 114 Å². The summed E-state index contributed by atoms with van der Waals surface area (Å²) in [6.45, 7) is 15.4. The van der Waals surface area contributed by atoms with E-state index in [4.69, 9.17) is 4.74 Å². The van der Waals surface area contributed by atoms with Crippen LogP contribution in [0.15, 0.2) is 91.5 Å². The Kier molecular flexibility index (Phi) is 11.3. The Hall–Kier alpha value is -4.39. The molecule has 228 valence electrons. The van der Waals surface area contributed by atoms with Gasteiger partial charge in [-0.25, -0.2) is 4.79 Å². The summed E-state index contributed by atoms with van der Waals surface area (Å²) >= 11 is 0. The molecule has 0 aliphatic rings. The highest BCUT2D eigenvalue weighted by Gasteiger charge is 2.43. The second-order valence-corrected chi connectivity index (χ2v) is 12.2. The first-order valence-electron chi connectivity index (χ1n) is 14.7. The molecule has 3 amide bonds. The molecule has 0 aliphatic carbocycles.